The molecule has 0 atom stereocenters. The maximum absolute atomic E-state index is 5.47. The Kier molecular flexibility index (Phi) is 6.34. The van der Waals surface area contributed by atoms with Gasteiger partial charge in [-0.05, 0) is 6.42 Å². The van der Waals surface area contributed by atoms with Gasteiger partial charge in [-0.15, -0.1) is 0 Å². The highest BCUT2D eigenvalue weighted by Gasteiger charge is 2.27. The summed E-state index contributed by atoms with van der Waals surface area (Å²) in [6.45, 7) is 4.78. The van der Waals surface area contributed by atoms with Gasteiger partial charge in [0.1, 0.15) is 0 Å². The van der Waals surface area contributed by atoms with E-state index in [1.165, 1.54) is 0 Å². The van der Waals surface area contributed by atoms with Crippen molar-refractivity contribution in [3.63, 3.8) is 0 Å². The number of ether oxygens (including phenoxy) is 3. The summed E-state index contributed by atoms with van der Waals surface area (Å²) in [5.74, 6) is -0.824. The van der Waals surface area contributed by atoms with Gasteiger partial charge in [0.25, 0.3) is 5.97 Å². The van der Waals surface area contributed by atoms with Crippen molar-refractivity contribution >= 4 is 0 Å². The van der Waals surface area contributed by atoms with Gasteiger partial charge in [-0.3, -0.25) is 0 Å². The standard InChI is InChI=1S/C9H20O3/c1-5-7-8-12-9(6-2,10-3)11-4/h5-8H2,1-4H3. The van der Waals surface area contributed by atoms with Crippen LogP contribution in [0.5, 0.6) is 0 Å². The lowest BCUT2D eigenvalue weighted by molar-refractivity contribution is -0.363. The van der Waals surface area contributed by atoms with Gasteiger partial charge < -0.3 is 14.2 Å². The quantitative estimate of drug-likeness (QED) is 0.439. The lowest BCUT2D eigenvalue weighted by atomic mass is 10.3. The molecule has 0 aliphatic carbocycles. The van der Waals surface area contributed by atoms with E-state index < -0.39 is 5.97 Å². The predicted octanol–water partition coefficient (Wildman–Crippen LogP) is 2.16. The van der Waals surface area contributed by atoms with Crippen molar-refractivity contribution < 1.29 is 14.2 Å². The molecule has 3 nitrogen and oxygen atoms in total. The monoisotopic (exact) mass is 176 g/mol. The van der Waals surface area contributed by atoms with E-state index in [4.69, 9.17) is 14.2 Å². The molecule has 0 bridgehead atoms. The van der Waals surface area contributed by atoms with E-state index in [-0.39, 0.29) is 0 Å². The van der Waals surface area contributed by atoms with Crippen LogP contribution in [0.3, 0.4) is 0 Å². The minimum Gasteiger partial charge on any atom is -0.331 e. The third-order valence-corrected chi connectivity index (χ3v) is 1.87. The lowest BCUT2D eigenvalue weighted by Crippen LogP contribution is -2.36. The summed E-state index contributed by atoms with van der Waals surface area (Å²) < 4.78 is 15.7. The Balaban J connectivity index is 3.76. The summed E-state index contributed by atoms with van der Waals surface area (Å²) in [7, 11) is 3.19. The Bertz CT molecular complexity index is 91.7. The number of unbranched alkanes of at least 4 members (excludes halogenated alkanes) is 1. The van der Waals surface area contributed by atoms with Crippen LogP contribution in [-0.2, 0) is 14.2 Å². The second-order valence-electron chi connectivity index (χ2n) is 2.65. The molecular weight excluding hydrogens is 156 g/mol. The van der Waals surface area contributed by atoms with Crippen molar-refractivity contribution in [2.75, 3.05) is 20.8 Å². The maximum Gasteiger partial charge on any atom is 0.282 e. The zero-order chi connectivity index (χ0) is 9.45. The third kappa shape index (κ3) is 3.52. The third-order valence-electron chi connectivity index (χ3n) is 1.87. The highest BCUT2D eigenvalue weighted by molar-refractivity contribution is 4.51. The molecule has 0 aromatic carbocycles. The van der Waals surface area contributed by atoms with Crippen LogP contribution in [0.15, 0.2) is 0 Å². The molecule has 0 aliphatic heterocycles. The zero-order valence-electron chi connectivity index (χ0n) is 8.55. The first-order chi connectivity index (χ1) is 5.74. The summed E-state index contributed by atoms with van der Waals surface area (Å²) >= 11 is 0. The van der Waals surface area contributed by atoms with E-state index >= 15 is 0 Å². The first kappa shape index (κ1) is 11.9. The molecule has 0 aromatic rings. The van der Waals surface area contributed by atoms with Crippen LogP contribution in [0, 0.1) is 0 Å². The Hall–Kier alpha value is -0.120. The maximum atomic E-state index is 5.47. The zero-order valence-corrected chi connectivity index (χ0v) is 8.55. The smallest absolute Gasteiger partial charge is 0.282 e. The Labute approximate surface area is 75.0 Å². The molecule has 0 N–H and O–H groups in total. The van der Waals surface area contributed by atoms with Gasteiger partial charge in [-0.25, -0.2) is 0 Å². The number of rotatable bonds is 7. The van der Waals surface area contributed by atoms with Crippen molar-refractivity contribution in [3.8, 4) is 0 Å². The van der Waals surface area contributed by atoms with Crippen LogP contribution in [0.25, 0.3) is 0 Å². The number of methoxy groups -OCH3 is 2. The highest BCUT2D eigenvalue weighted by Crippen LogP contribution is 2.17. The van der Waals surface area contributed by atoms with E-state index in [1.54, 1.807) is 14.2 Å². The van der Waals surface area contributed by atoms with Crippen LogP contribution >= 0.6 is 0 Å². The minimum absolute atomic E-state index is 0.687. The van der Waals surface area contributed by atoms with Crippen molar-refractivity contribution in [2.24, 2.45) is 0 Å². The van der Waals surface area contributed by atoms with E-state index in [0.717, 1.165) is 12.8 Å². The number of hydrogen-bond donors (Lipinski definition) is 0. The van der Waals surface area contributed by atoms with Gasteiger partial charge in [0.15, 0.2) is 0 Å². The first-order valence-electron chi connectivity index (χ1n) is 4.49. The topological polar surface area (TPSA) is 27.7 Å². The van der Waals surface area contributed by atoms with Gasteiger partial charge in [-0.1, -0.05) is 20.3 Å². The molecule has 0 aliphatic rings. The second-order valence-corrected chi connectivity index (χ2v) is 2.65. The fourth-order valence-corrected chi connectivity index (χ4v) is 0.964. The van der Waals surface area contributed by atoms with E-state index in [0.29, 0.717) is 13.0 Å². The fraction of sp³-hybridized carbons (Fsp3) is 1.00. The molecule has 0 radical (unpaired) electrons. The fourth-order valence-electron chi connectivity index (χ4n) is 0.964. The Morgan fingerprint density at radius 2 is 1.67 bits per heavy atom. The summed E-state index contributed by atoms with van der Waals surface area (Å²) in [4.78, 5) is 0. The largest absolute Gasteiger partial charge is 0.331 e. The summed E-state index contributed by atoms with van der Waals surface area (Å²) in [6, 6.07) is 0. The molecule has 0 aromatic heterocycles. The van der Waals surface area contributed by atoms with Crippen LogP contribution < -0.4 is 0 Å². The van der Waals surface area contributed by atoms with Crippen LogP contribution in [0.1, 0.15) is 33.1 Å². The van der Waals surface area contributed by atoms with Gasteiger partial charge in [-0.2, -0.15) is 0 Å². The Morgan fingerprint density at radius 1 is 1.08 bits per heavy atom. The summed E-state index contributed by atoms with van der Waals surface area (Å²) in [5, 5.41) is 0. The molecule has 0 unspecified atom stereocenters. The SMILES string of the molecule is CCCCOC(CC)(OC)OC. The van der Waals surface area contributed by atoms with Crippen molar-refractivity contribution in [1.29, 1.82) is 0 Å². The van der Waals surface area contributed by atoms with Crippen molar-refractivity contribution in [3.05, 3.63) is 0 Å². The van der Waals surface area contributed by atoms with E-state index in [9.17, 15) is 0 Å². The molecule has 12 heavy (non-hydrogen) atoms. The molecule has 3 heteroatoms. The molecule has 0 rings (SSSR count). The van der Waals surface area contributed by atoms with Crippen LogP contribution in [0.2, 0.25) is 0 Å². The molecule has 0 spiro atoms. The lowest BCUT2D eigenvalue weighted by Gasteiger charge is -2.29. The van der Waals surface area contributed by atoms with Crippen molar-refractivity contribution in [2.45, 2.75) is 39.1 Å². The average molecular weight is 176 g/mol. The molecule has 0 fully saturated rings. The van der Waals surface area contributed by atoms with Gasteiger partial charge in [0.2, 0.25) is 0 Å². The normalized spacial score (nSPS) is 12.0. The number of hydrogen-bond acceptors (Lipinski definition) is 3. The van der Waals surface area contributed by atoms with E-state index in [2.05, 4.69) is 6.92 Å². The molecule has 0 saturated carbocycles. The highest BCUT2D eigenvalue weighted by atomic mass is 16.9. The molecular formula is C9H20O3. The average Bonchev–Trinajstić information content (AvgIpc) is 2.14. The van der Waals surface area contributed by atoms with Crippen LogP contribution in [-0.4, -0.2) is 26.8 Å². The molecule has 0 saturated heterocycles. The van der Waals surface area contributed by atoms with Crippen LogP contribution in [0.4, 0.5) is 0 Å². The summed E-state index contributed by atoms with van der Waals surface area (Å²) in [6.07, 6.45) is 2.85. The Morgan fingerprint density at radius 3 is 2.00 bits per heavy atom. The molecule has 0 heterocycles. The van der Waals surface area contributed by atoms with Crippen molar-refractivity contribution in [1.82, 2.24) is 0 Å². The van der Waals surface area contributed by atoms with Gasteiger partial charge >= 0.3 is 0 Å². The summed E-state index contributed by atoms with van der Waals surface area (Å²) in [5.41, 5.74) is 0. The first-order valence-corrected chi connectivity index (χ1v) is 4.49. The predicted molar refractivity (Wildman–Crippen MR) is 47.9 cm³/mol. The molecule has 74 valence electrons. The van der Waals surface area contributed by atoms with Gasteiger partial charge in [0, 0.05) is 20.6 Å². The van der Waals surface area contributed by atoms with E-state index in [1.807, 2.05) is 6.92 Å². The van der Waals surface area contributed by atoms with Gasteiger partial charge in [0.05, 0.1) is 6.61 Å². The minimum atomic E-state index is -0.824. The molecule has 0 amide bonds. The second kappa shape index (κ2) is 6.40.